The second-order valence-corrected chi connectivity index (χ2v) is 11.9. The van der Waals surface area contributed by atoms with Crippen molar-refractivity contribution in [1.82, 2.24) is 19.7 Å². The predicted molar refractivity (Wildman–Crippen MR) is 151 cm³/mol. The number of fused-ring (bicyclic) bond motifs is 1. The number of nitrogens with one attached hydrogen (secondary N) is 1. The number of aromatic amines is 1. The number of hydrogen-bond acceptors (Lipinski definition) is 6. The molecule has 2 N–H and O–H groups in total. The van der Waals surface area contributed by atoms with Gasteiger partial charge in [0.2, 0.25) is 0 Å². The van der Waals surface area contributed by atoms with Gasteiger partial charge in [0, 0.05) is 6.54 Å². The molecular weight excluding hydrogens is 508 g/mol. The number of carboxylic acids is 1. The normalized spacial score (nSPS) is 17.6. The summed E-state index contributed by atoms with van der Waals surface area (Å²) in [5.41, 5.74) is 2.82. The molecule has 1 saturated carbocycles. The molecule has 0 bridgehead atoms. The Balaban J connectivity index is 1.33. The summed E-state index contributed by atoms with van der Waals surface area (Å²) in [6.07, 6.45) is 6.29. The zero-order chi connectivity index (χ0) is 28.4. The van der Waals surface area contributed by atoms with Crippen LogP contribution in [0.2, 0.25) is 0 Å². The Labute approximate surface area is 232 Å². The molecule has 208 valence electrons. The molecule has 0 saturated heterocycles. The highest BCUT2D eigenvalue weighted by Crippen LogP contribution is 2.37. The van der Waals surface area contributed by atoms with Gasteiger partial charge in [-0.3, -0.25) is 9.59 Å². The number of benzene rings is 2. The molecule has 0 radical (unpaired) electrons. The van der Waals surface area contributed by atoms with Crippen molar-refractivity contribution in [1.29, 1.82) is 0 Å². The van der Waals surface area contributed by atoms with E-state index in [0.717, 1.165) is 43.2 Å². The van der Waals surface area contributed by atoms with E-state index >= 15 is 0 Å². The number of H-pyrrole nitrogens is 1. The maximum atomic E-state index is 13.1. The Kier molecular flexibility index (Phi) is 7.56. The van der Waals surface area contributed by atoms with Gasteiger partial charge in [-0.15, -0.1) is 5.10 Å². The summed E-state index contributed by atoms with van der Waals surface area (Å²) in [6.45, 7) is 7.01. The Morgan fingerprint density at radius 2 is 1.85 bits per heavy atom. The number of aromatic nitrogens is 4. The number of nitrogens with zero attached hydrogens (tertiary/aromatic N) is 3. The molecule has 40 heavy (non-hydrogen) atoms. The van der Waals surface area contributed by atoms with Crippen molar-refractivity contribution >= 4 is 23.0 Å². The van der Waals surface area contributed by atoms with E-state index in [4.69, 9.17) is 4.74 Å². The summed E-state index contributed by atoms with van der Waals surface area (Å²) in [5, 5.41) is 16.0. The molecule has 1 aliphatic carbocycles. The molecule has 4 aromatic rings. The number of hydrogen-bond donors (Lipinski definition) is 2. The van der Waals surface area contributed by atoms with Gasteiger partial charge in [-0.1, -0.05) is 76.1 Å². The summed E-state index contributed by atoms with van der Waals surface area (Å²) in [5.74, 6) is -1.01. The highest BCUT2D eigenvalue weighted by atomic mass is 16.5. The van der Waals surface area contributed by atoms with Gasteiger partial charge < -0.3 is 14.4 Å². The highest BCUT2D eigenvalue weighted by molar-refractivity contribution is 5.96. The summed E-state index contributed by atoms with van der Waals surface area (Å²) >= 11 is 0. The number of carboxylic acid groups (broad SMARTS) is 1. The second-order valence-electron chi connectivity index (χ2n) is 11.9. The van der Waals surface area contributed by atoms with Crippen molar-refractivity contribution in [3.05, 3.63) is 76.3 Å². The first-order chi connectivity index (χ1) is 19.1. The summed E-state index contributed by atoms with van der Waals surface area (Å²) in [4.78, 5) is 41.8. The van der Waals surface area contributed by atoms with E-state index in [1.165, 1.54) is 6.33 Å². The van der Waals surface area contributed by atoms with E-state index in [9.17, 15) is 19.5 Å². The minimum absolute atomic E-state index is 0.0110. The van der Waals surface area contributed by atoms with Crippen molar-refractivity contribution in [3.8, 4) is 17.0 Å². The number of imidazole rings is 1. The molecular formula is C31H34N4O5. The van der Waals surface area contributed by atoms with Crippen LogP contribution in [0.5, 0.6) is 5.88 Å². The average molecular weight is 543 g/mol. The van der Waals surface area contributed by atoms with Crippen molar-refractivity contribution in [2.75, 3.05) is 0 Å². The van der Waals surface area contributed by atoms with Crippen molar-refractivity contribution < 1.29 is 19.4 Å². The molecule has 0 spiro atoms. The standard InChI is InChI=1S/C31H34N4O5/c1-31(2,3)16-20-7-6-8-22(15-20)30(39)40-28-25-26(27(36)33-34-28)35(18-32-25)17-19-11-13-21(14-12-19)23-9-4-5-10-24(23)29(37)38/h4-5,9-14,18,20,22H,6-8,15-17H2,1-3H3,(H,33,36)(H,37,38). The molecule has 9 heteroatoms. The van der Waals surface area contributed by atoms with Crippen LogP contribution < -0.4 is 10.3 Å². The number of carbonyl (C=O) groups is 2. The minimum atomic E-state index is -0.984. The van der Waals surface area contributed by atoms with Crippen LogP contribution in [0.15, 0.2) is 59.7 Å². The van der Waals surface area contributed by atoms with E-state index in [1.807, 2.05) is 24.3 Å². The minimum Gasteiger partial charge on any atom is -0.478 e. The molecule has 2 heterocycles. The van der Waals surface area contributed by atoms with E-state index in [1.54, 1.807) is 28.8 Å². The second kappa shape index (κ2) is 11.1. The summed E-state index contributed by atoms with van der Waals surface area (Å²) < 4.78 is 7.40. The monoisotopic (exact) mass is 542 g/mol. The zero-order valence-corrected chi connectivity index (χ0v) is 23.0. The number of aromatic carboxylic acids is 1. The van der Waals surface area contributed by atoms with Crippen LogP contribution in [0.4, 0.5) is 0 Å². The lowest BCUT2D eigenvalue weighted by Gasteiger charge is -2.32. The fourth-order valence-corrected chi connectivity index (χ4v) is 5.82. The highest BCUT2D eigenvalue weighted by Gasteiger charge is 2.31. The van der Waals surface area contributed by atoms with Gasteiger partial charge in [-0.25, -0.2) is 14.9 Å². The van der Waals surface area contributed by atoms with Crippen LogP contribution in [-0.2, 0) is 11.3 Å². The molecule has 9 nitrogen and oxygen atoms in total. The van der Waals surface area contributed by atoms with Crippen molar-refractivity contribution in [2.24, 2.45) is 17.3 Å². The molecule has 2 aromatic carbocycles. The fourth-order valence-electron chi connectivity index (χ4n) is 5.82. The number of carbonyl (C=O) groups excluding carboxylic acids is 1. The van der Waals surface area contributed by atoms with Gasteiger partial charge in [-0.05, 0) is 53.4 Å². The topological polar surface area (TPSA) is 127 Å². The fraction of sp³-hybridized carbons (Fsp3) is 0.387. The zero-order valence-electron chi connectivity index (χ0n) is 23.0. The molecule has 2 aromatic heterocycles. The lowest BCUT2D eigenvalue weighted by atomic mass is 9.74. The Morgan fingerprint density at radius 1 is 1.10 bits per heavy atom. The number of ether oxygens (including phenoxy) is 1. The van der Waals surface area contributed by atoms with Crippen LogP contribution in [0, 0.1) is 17.3 Å². The SMILES string of the molecule is CC(C)(C)CC1CCCC(C(=O)Oc2n[nH]c(=O)c3c2ncn3Cc2ccc(-c3ccccc3C(=O)O)cc2)C1. The Morgan fingerprint density at radius 3 is 2.58 bits per heavy atom. The van der Waals surface area contributed by atoms with E-state index in [-0.39, 0.29) is 39.8 Å². The largest absolute Gasteiger partial charge is 0.478 e. The third kappa shape index (κ3) is 5.98. The molecule has 0 amide bonds. The lowest BCUT2D eigenvalue weighted by molar-refractivity contribution is -0.141. The predicted octanol–water partition coefficient (Wildman–Crippen LogP) is 5.68. The van der Waals surface area contributed by atoms with Crippen LogP contribution in [0.25, 0.3) is 22.2 Å². The van der Waals surface area contributed by atoms with Crippen LogP contribution >= 0.6 is 0 Å². The van der Waals surface area contributed by atoms with Crippen LogP contribution in [0.1, 0.15) is 68.8 Å². The van der Waals surface area contributed by atoms with Crippen LogP contribution in [-0.4, -0.2) is 36.8 Å². The Hall–Kier alpha value is -4.27. The van der Waals surface area contributed by atoms with Crippen molar-refractivity contribution in [3.63, 3.8) is 0 Å². The molecule has 2 atom stereocenters. The first-order valence-corrected chi connectivity index (χ1v) is 13.7. The van der Waals surface area contributed by atoms with Crippen LogP contribution in [0.3, 0.4) is 0 Å². The average Bonchev–Trinajstić information content (AvgIpc) is 3.34. The molecule has 1 aliphatic rings. The molecule has 1 fully saturated rings. The third-order valence-corrected chi connectivity index (χ3v) is 7.50. The molecule has 2 unspecified atom stereocenters. The number of rotatable bonds is 7. The van der Waals surface area contributed by atoms with Gasteiger partial charge in [0.05, 0.1) is 17.8 Å². The summed E-state index contributed by atoms with van der Waals surface area (Å²) in [7, 11) is 0. The maximum absolute atomic E-state index is 13.1. The summed E-state index contributed by atoms with van der Waals surface area (Å²) in [6, 6.07) is 14.3. The van der Waals surface area contributed by atoms with Gasteiger partial charge in [0.25, 0.3) is 11.4 Å². The third-order valence-electron chi connectivity index (χ3n) is 7.50. The number of esters is 1. The van der Waals surface area contributed by atoms with E-state index in [2.05, 4.69) is 36.0 Å². The van der Waals surface area contributed by atoms with Gasteiger partial charge >= 0.3 is 11.9 Å². The van der Waals surface area contributed by atoms with Crippen molar-refractivity contribution in [2.45, 2.75) is 59.4 Å². The quantitative estimate of drug-likeness (QED) is 0.288. The van der Waals surface area contributed by atoms with E-state index in [0.29, 0.717) is 18.0 Å². The Bertz CT molecular complexity index is 1600. The van der Waals surface area contributed by atoms with Gasteiger partial charge in [0.1, 0.15) is 5.52 Å². The van der Waals surface area contributed by atoms with Gasteiger partial charge in [0.15, 0.2) is 5.52 Å². The smallest absolute Gasteiger partial charge is 0.336 e. The van der Waals surface area contributed by atoms with E-state index < -0.39 is 11.5 Å². The van der Waals surface area contributed by atoms with Gasteiger partial charge in [-0.2, -0.15) is 0 Å². The first-order valence-electron chi connectivity index (χ1n) is 13.7. The molecule has 0 aliphatic heterocycles. The first kappa shape index (κ1) is 27.3. The maximum Gasteiger partial charge on any atom is 0.336 e. The molecule has 5 rings (SSSR count). The lowest BCUT2D eigenvalue weighted by Crippen LogP contribution is -2.29.